The third-order valence-electron chi connectivity index (χ3n) is 4.29. The number of piperidine rings is 1. The SMILES string of the molecule is COCC1(C(=O)N(C)CCOc2ccc(Cl)cc2)CCNCC1.Cl. The fraction of sp³-hybridized carbons (Fsp3) is 0.588. The van der Waals surface area contributed by atoms with Crippen molar-refractivity contribution in [1.29, 1.82) is 0 Å². The van der Waals surface area contributed by atoms with Crippen molar-refractivity contribution < 1.29 is 14.3 Å². The van der Waals surface area contributed by atoms with Gasteiger partial charge in [0.25, 0.3) is 0 Å². The normalized spacial score (nSPS) is 16.1. The molecular weight excluding hydrogens is 351 g/mol. The highest BCUT2D eigenvalue weighted by molar-refractivity contribution is 6.30. The average Bonchev–Trinajstić information content (AvgIpc) is 2.57. The van der Waals surface area contributed by atoms with Gasteiger partial charge in [0.1, 0.15) is 12.4 Å². The molecule has 0 atom stereocenters. The first kappa shape index (κ1) is 21.0. The van der Waals surface area contributed by atoms with E-state index in [9.17, 15) is 4.79 Å². The molecule has 0 spiro atoms. The van der Waals surface area contributed by atoms with Gasteiger partial charge < -0.3 is 19.7 Å². The maximum Gasteiger partial charge on any atom is 0.231 e. The Morgan fingerprint density at radius 2 is 1.92 bits per heavy atom. The number of nitrogens with one attached hydrogen (secondary N) is 1. The van der Waals surface area contributed by atoms with Crippen LogP contribution in [0.1, 0.15) is 12.8 Å². The van der Waals surface area contributed by atoms with Gasteiger partial charge in [-0.3, -0.25) is 4.79 Å². The summed E-state index contributed by atoms with van der Waals surface area (Å²) in [4.78, 5) is 14.6. The Kier molecular flexibility index (Phi) is 8.84. The van der Waals surface area contributed by atoms with Crippen molar-refractivity contribution in [3.63, 3.8) is 0 Å². The van der Waals surface area contributed by atoms with Crippen molar-refractivity contribution in [2.24, 2.45) is 5.41 Å². The Bertz CT molecular complexity index is 500. The van der Waals surface area contributed by atoms with Crippen LogP contribution in [0.25, 0.3) is 0 Å². The highest BCUT2D eigenvalue weighted by Crippen LogP contribution is 2.31. The molecule has 1 aliphatic rings. The molecule has 0 radical (unpaired) electrons. The summed E-state index contributed by atoms with van der Waals surface area (Å²) in [5, 5.41) is 3.98. The molecule has 1 aromatic carbocycles. The van der Waals surface area contributed by atoms with Crippen LogP contribution in [0.2, 0.25) is 5.02 Å². The highest BCUT2D eigenvalue weighted by Gasteiger charge is 2.41. The summed E-state index contributed by atoms with van der Waals surface area (Å²) in [6, 6.07) is 7.22. The summed E-state index contributed by atoms with van der Waals surface area (Å²) in [7, 11) is 3.48. The maximum atomic E-state index is 12.8. The van der Waals surface area contributed by atoms with Gasteiger partial charge in [-0.15, -0.1) is 12.4 Å². The minimum atomic E-state index is -0.408. The van der Waals surface area contributed by atoms with Gasteiger partial charge in [0.15, 0.2) is 0 Å². The number of hydrogen-bond donors (Lipinski definition) is 1. The molecule has 1 aliphatic heterocycles. The molecule has 1 amide bonds. The van der Waals surface area contributed by atoms with Crippen LogP contribution in [0.3, 0.4) is 0 Å². The molecule has 5 nitrogen and oxygen atoms in total. The molecular formula is C17H26Cl2N2O3. The summed E-state index contributed by atoms with van der Waals surface area (Å²) in [5.41, 5.74) is -0.408. The molecule has 136 valence electrons. The van der Waals surface area contributed by atoms with Crippen molar-refractivity contribution in [2.45, 2.75) is 12.8 Å². The zero-order chi connectivity index (χ0) is 16.7. The summed E-state index contributed by atoms with van der Waals surface area (Å²) >= 11 is 5.84. The van der Waals surface area contributed by atoms with Crippen molar-refractivity contribution in [3.05, 3.63) is 29.3 Å². The first-order valence-corrected chi connectivity index (χ1v) is 8.29. The maximum absolute atomic E-state index is 12.8. The van der Waals surface area contributed by atoms with Gasteiger partial charge in [0, 0.05) is 19.2 Å². The lowest BCUT2D eigenvalue weighted by atomic mass is 9.78. The van der Waals surface area contributed by atoms with Gasteiger partial charge in [0.05, 0.1) is 18.6 Å². The third kappa shape index (κ3) is 5.52. The van der Waals surface area contributed by atoms with Crippen LogP contribution in [0.5, 0.6) is 5.75 Å². The molecule has 0 unspecified atom stereocenters. The summed E-state index contributed by atoms with van der Waals surface area (Å²) < 4.78 is 11.0. The van der Waals surface area contributed by atoms with Crippen LogP contribution in [0.4, 0.5) is 0 Å². The minimum Gasteiger partial charge on any atom is -0.492 e. The number of carbonyl (C=O) groups is 1. The van der Waals surface area contributed by atoms with Crippen molar-refractivity contribution >= 4 is 29.9 Å². The number of likely N-dealkylation sites (N-methyl/N-ethyl adjacent to an activating group) is 1. The molecule has 24 heavy (non-hydrogen) atoms. The highest BCUT2D eigenvalue weighted by atomic mass is 35.5. The van der Waals surface area contributed by atoms with Gasteiger partial charge in [-0.25, -0.2) is 0 Å². The van der Waals surface area contributed by atoms with E-state index in [2.05, 4.69) is 5.32 Å². The van der Waals surface area contributed by atoms with Crippen molar-refractivity contribution in [1.82, 2.24) is 10.2 Å². The van der Waals surface area contributed by atoms with Crippen LogP contribution in [0, 0.1) is 5.41 Å². The summed E-state index contributed by atoms with van der Waals surface area (Å²) in [5.74, 6) is 0.893. The van der Waals surface area contributed by atoms with Gasteiger partial charge in [-0.2, -0.15) is 0 Å². The second kappa shape index (κ2) is 10.1. The van der Waals surface area contributed by atoms with Crippen LogP contribution in [-0.4, -0.2) is 57.8 Å². The van der Waals surface area contributed by atoms with E-state index in [0.29, 0.717) is 24.8 Å². The molecule has 2 rings (SSSR count). The first-order valence-electron chi connectivity index (χ1n) is 7.91. The largest absolute Gasteiger partial charge is 0.492 e. The van der Waals surface area contributed by atoms with Crippen LogP contribution in [-0.2, 0) is 9.53 Å². The Morgan fingerprint density at radius 3 is 2.50 bits per heavy atom. The fourth-order valence-corrected chi connectivity index (χ4v) is 3.07. The Labute approximate surface area is 155 Å². The quantitative estimate of drug-likeness (QED) is 0.794. The Balaban J connectivity index is 0.00000288. The molecule has 0 saturated carbocycles. The van der Waals surface area contributed by atoms with E-state index in [4.69, 9.17) is 21.1 Å². The van der Waals surface area contributed by atoms with E-state index >= 15 is 0 Å². The lowest BCUT2D eigenvalue weighted by Crippen LogP contribution is -2.51. The molecule has 0 bridgehead atoms. The number of nitrogens with zero attached hydrogens (tertiary/aromatic N) is 1. The number of benzene rings is 1. The number of ether oxygens (including phenoxy) is 2. The molecule has 1 aromatic rings. The van der Waals surface area contributed by atoms with Crippen LogP contribution < -0.4 is 10.1 Å². The molecule has 0 aliphatic carbocycles. The zero-order valence-electron chi connectivity index (χ0n) is 14.2. The second-order valence-corrected chi connectivity index (χ2v) is 6.43. The van der Waals surface area contributed by atoms with E-state index < -0.39 is 5.41 Å². The van der Waals surface area contributed by atoms with Crippen molar-refractivity contribution in [3.8, 4) is 5.75 Å². The monoisotopic (exact) mass is 376 g/mol. The number of carbonyl (C=O) groups excluding carboxylic acids is 1. The molecule has 1 heterocycles. The Morgan fingerprint density at radius 1 is 1.29 bits per heavy atom. The van der Waals surface area contributed by atoms with E-state index in [1.165, 1.54) is 0 Å². The predicted octanol–water partition coefficient (Wildman–Crippen LogP) is 2.62. The molecule has 1 N–H and O–H groups in total. The van der Waals surface area contributed by atoms with E-state index in [1.54, 1.807) is 24.1 Å². The number of methoxy groups -OCH3 is 1. The molecule has 7 heteroatoms. The van der Waals surface area contributed by atoms with E-state index in [1.807, 2.05) is 19.2 Å². The lowest BCUT2D eigenvalue weighted by molar-refractivity contribution is -0.146. The van der Waals surface area contributed by atoms with Crippen LogP contribution in [0.15, 0.2) is 24.3 Å². The van der Waals surface area contributed by atoms with Gasteiger partial charge in [-0.1, -0.05) is 11.6 Å². The number of hydrogen-bond acceptors (Lipinski definition) is 4. The summed E-state index contributed by atoms with van der Waals surface area (Å²) in [6.45, 7) is 3.16. The summed E-state index contributed by atoms with van der Waals surface area (Å²) in [6.07, 6.45) is 1.62. The molecule has 1 saturated heterocycles. The fourth-order valence-electron chi connectivity index (χ4n) is 2.94. The molecule has 0 aromatic heterocycles. The first-order chi connectivity index (χ1) is 11.1. The predicted molar refractivity (Wildman–Crippen MR) is 98.2 cm³/mol. The molecule has 1 fully saturated rings. The third-order valence-corrected chi connectivity index (χ3v) is 4.54. The van der Waals surface area contributed by atoms with E-state index in [0.717, 1.165) is 31.7 Å². The average molecular weight is 377 g/mol. The lowest BCUT2D eigenvalue weighted by Gasteiger charge is -2.38. The van der Waals surface area contributed by atoms with Crippen LogP contribution >= 0.6 is 24.0 Å². The standard InChI is InChI=1S/C17H25ClN2O3.ClH/c1-20(11-12-23-15-5-3-14(18)4-6-15)16(21)17(13-22-2)7-9-19-10-8-17;/h3-6,19H,7-13H2,1-2H3;1H. The van der Waals surface area contributed by atoms with Crippen molar-refractivity contribution in [2.75, 3.05) is 47.0 Å². The topological polar surface area (TPSA) is 50.8 Å². The zero-order valence-corrected chi connectivity index (χ0v) is 15.8. The number of amides is 1. The second-order valence-electron chi connectivity index (χ2n) is 5.99. The minimum absolute atomic E-state index is 0. The van der Waals surface area contributed by atoms with E-state index in [-0.39, 0.29) is 18.3 Å². The smallest absolute Gasteiger partial charge is 0.231 e. The Hall–Kier alpha value is -1.01. The number of rotatable bonds is 7. The van der Waals surface area contributed by atoms with Gasteiger partial charge >= 0.3 is 0 Å². The number of halogens is 2. The van der Waals surface area contributed by atoms with Gasteiger partial charge in [-0.05, 0) is 50.2 Å². The van der Waals surface area contributed by atoms with Gasteiger partial charge in [0.2, 0.25) is 5.91 Å².